The van der Waals surface area contributed by atoms with E-state index in [0.29, 0.717) is 4.35 Å². The Balaban J connectivity index is 1.84. The molecule has 0 aliphatic heterocycles. The summed E-state index contributed by atoms with van der Waals surface area (Å²) in [5, 5.41) is 13.0. The van der Waals surface area contributed by atoms with E-state index in [9.17, 15) is 13.2 Å². The molecule has 0 saturated carbocycles. The van der Waals surface area contributed by atoms with E-state index in [1.165, 1.54) is 12.4 Å². The first kappa shape index (κ1) is 16.8. The van der Waals surface area contributed by atoms with Crippen molar-refractivity contribution < 1.29 is 13.2 Å². The molecule has 0 N–H and O–H groups in total. The molecule has 0 fully saturated rings. The maximum atomic E-state index is 13.1. The Labute approximate surface area is 143 Å². The van der Waals surface area contributed by atoms with Crippen molar-refractivity contribution in [3.63, 3.8) is 0 Å². The summed E-state index contributed by atoms with van der Waals surface area (Å²) in [6, 6.07) is 5.67. The second kappa shape index (κ2) is 6.82. The van der Waals surface area contributed by atoms with Crippen LogP contribution in [0.25, 0.3) is 5.70 Å². The molecule has 1 heterocycles. The van der Waals surface area contributed by atoms with Crippen LogP contribution in [0.4, 0.5) is 13.2 Å². The van der Waals surface area contributed by atoms with Crippen LogP contribution < -0.4 is 4.35 Å². The fraction of sp³-hybridized carbons (Fsp3) is 0.312. The molecular formula is C16H13AsF3N4. The van der Waals surface area contributed by atoms with Crippen LogP contribution in [0.1, 0.15) is 30.4 Å². The first-order chi connectivity index (χ1) is 11.5. The summed E-state index contributed by atoms with van der Waals surface area (Å²) in [6.45, 7) is 0. The Morgan fingerprint density at radius 3 is 2.83 bits per heavy atom. The van der Waals surface area contributed by atoms with Gasteiger partial charge in [0, 0.05) is 0 Å². The van der Waals surface area contributed by atoms with Gasteiger partial charge in [-0.25, -0.2) is 0 Å². The monoisotopic (exact) mass is 393 g/mol. The number of hydrogen-bond donors (Lipinski definition) is 0. The van der Waals surface area contributed by atoms with Gasteiger partial charge in [0.05, 0.1) is 0 Å². The second-order valence-corrected chi connectivity index (χ2v) is 8.44. The molecule has 2 aromatic rings. The Morgan fingerprint density at radius 1 is 1.33 bits per heavy atom. The van der Waals surface area contributed by atoms with Crippen LogP contribution in [0.15, 0.2) is 36.9 Å². The molecular weight excluding hydrogens is 380 g/mol. The standard InChI is InChI=1S/C16H13AsF3N4/c18-16(19,20)15-7-13(5-4-11(15)8-21)17-12-2-1-3-14(6-12)24-10-22-9-23-24/h4-7,9-10,12H,1-3H2. The Kier molecular flexibility index (Phi) is 4.77. The number of benzene rings is 1. The van der Waals surface area contributed by atoms with E-state index in [4.69, 9.17) is 5.26 Å². The van der Waals surface area contributed by atoms with Crippen LogP contribution in [-0.2, 0) is 6.18 Å². The maximum absolute atomic E-state index is 13.1. The normalized spacial score (nSPS) is 18.6. The van der Waals surface area contributed by atoms with Crippen molar-refractivity contribution in [3.8, 4) is 6.07 Å². The number of hydrogen-bond acceptors (Lipinski definition) is 3. The fourth-order valence-corrected chi connectivity index (χ4v) is 5.41. The van der Waals surface area contributed by atoms with Crippen molar-refractivity contribution >= 4 is 25.8 Å². The quantitative estimate of drug-likeness (QED) is 0.754. The van der Waals surface area contributed by atoms with Gasteiger partial charge >= 0.3 is 143 Å². The second-order valence-electron chi connectivity index (χ2n) is 5.43. The first-order valence-electron chi connectivity index (χ1n) is 7.35. The zero-order valence-electron chi connectivity index (χ0n) is 12.5. The van der Waals surface area contributed by atoms with Gasteiger partial charge in [-0.15, -0.1) is 0 Å². The molecule has 1 radical (unpaired) electrons. The Bertz CT molecular complexity index is 791. The third kappa shape index (κ3) is 3.70. The molecule has 1 atom stereocenters. The van der Waals surface area contributed by atoms with E-state index < -0.39 is 27.5 Å². The summed E-state index contributed by atoms with van der Waals surface area (Å²) >= 11 is -0.461. The van der Waals surface area contributed by atoms with E-state index in [-0.39, 0.29) is 10.3 Å². The molecule has 8 heteroatoms. The van der Waals surface area contributed by atoms with E-state index in [1.54, 1.807) is 23.1 Å². The zero-order chi connectivity index (χ0) is 17.2. The van der Waals surface area contributed by atoms with Crippen LogP contribution in [0.3, 0.4) is 0 Å². The van der Waals surface area contributed by atoms with Gasteiger partial charge < -0.3 is 0 Å². The van der Waals surface area contributed by atoms with Gasteiger partial charge in [0.25, 0.3) is 0 Å². The van der Waals surface area contributed by atoms with Crippen LogP contribution in [0.5, 0.6) is 0 Å². The molecule has 4 nitrogen and oxygen atoms in total. The minimum absolute atomic E-state index is 0.239. The van der Waals surface area contributed by atoms with Gasteiger partial charge in [-0.2, -0.15) is 0 Å². The molecule has 1 aromatic heterocycles. The average Bonchev–Trinajstić information content (AvgIpc) is 3.09. The number of allylic oxidation sites excluding steroid dienone is 2. The number of halogens is 3. The molecule has 0 saturated heterocycles. The topological polar surface area (TPSA) is 54.5 Å². The predicted octanol–water partition coefficient (Wildman–Crippen LogP) is 3.01. The number of nitriles is 1. The van der Waals surface area contributed by atoms with E-state index in [2.05, 4.69) is 16.2 Å². The average molecular weight is 393 g/mol. The molecule has 123 valence electrons. The third-order valence-electron chi connectivity index (χ3n) is 3.77. The van der Waals surface area contributed by atoms with Crippen molar-refractivity contribution in [1.29, 1.82) is 5.26 Å². The van der Waals surface area contributed by atoms with Gasteiger partial charge in [0.2, 0.25) is 0 Å². The number of nitrogens with zero attached hydrogens (tertiary/aromatic N) is 4. The summed E-state index contributed by atoms with van der Waals surface area (Å²) in [6.07, 6.45) is 3.53. The van der Waals surface area contributed by atoms with E-state index in [0.717, 1.165) is 31.0 Å². The minimum atomic E-state index is -4.50. The van der Waals surface area contributed by atoms with Crippen molar-refractivity contribution in [3.05, 3.63) is 48.1 Å². The number of aromatic nitrogens is 3. The van der Waals surface area contributed by atoms with Gasteiger partial charge in [-0.3, -0.25) is 0 Å². The van der Waals surface area contributed by atoms with Crippen LogP contribution in [0, 0.1) is 11.3 Å². The van der Waals surface area contributed by atoms with E-state index >= 15 is 0 Å². The molecule has 1 aliphatic rings. The van der Waals surface area contributed by atoms with Crippen LogP contribution in [0.2, 0.25) is 4.71 Å². The predicted molar refractivity (Wildman–Crippen MR) is 83.4 cm³/mol. The van der Waals surface area contributed by atoms with Crippen molar-refractivity contribution in [2.45, 2.75) is 30.1 Å². The molecule has 24 heavy (non-hydrogen) atoms. The summed E-state index contributed by atoms with van der Waals surface area (Å²) < 4.78 is 41.8. The van der Waals surface area contributed by atoms with Crippen molar-refractivity contribution in [1.82, 2.24) is 14.8 Å². The summed E-state index contributed by atoms with van der Waals surface area (Å²) in [5.74, 6) is 0. The van der Waals surface area contributed by atoms with Crippen LogP contribution >= 0.6 is 0 Å². The molecule has 0 bridgehead atoms. The van der Waals surface area contributed by atoms with Crippen molar-refractivity contribution in [2.75, 3.05) is 0 Å². The van der Waals surface area contributed by atoms with Gasteiger partial charge in [0.15, 0.2) is 0 Å². The summed E-state index contributed by atoms with van der Waals surface area (Å²) in [7, 11) is 0. The number of rotatable bonds is 3. The Morgan fingerprint density at radius 2 is 2.17 bits per heavy atom. The zero-order valence-corrected chi connectivity index (χ0v) is 14.4. The third-order valence-corrected chi connectivity index (χ3v) is 6.53. The SMILES string of the molecule is N#Cc1ccc([As]C2C=C(n3cncn3)CCC2)cc1C(F)(F)F. The fourth-order valence-electron chi connectivity index (χ4n) is 2.67. The Hall–Kier alpha value is -2.06. The van der Waals surface area contributed by atoms with Crippen LogP contribution in [-0.4, -0.2) is 30.5 Å². The van der Waals surface area contributed by atoms with E-state index in [1.807, 2.05) is 0 Å². The molecule has 3 rings (SSSR count). The van der Waals surface area contributed by atoms with Gasteiger partial charge in [-0.05, 0) is 0 Å². The van der Waals surface area contributed by atoms with Crippen molar-refractivity contribution in [2.24, 2.45) is 0 Å². The summed E-state index contributed by atoms with van der Waals surface area (Å²) in [4.78, 5) is 3.93. The van der Waals surface area contributed by atoms with Gasteiger partial charge in [-0.1, -0.05) is 0 Å². The molecule has 1 aromatic carbocycles. The molecule has 0 spiro atoms. The molecule has 0 amide bonds. The van der Waals surface area contributed by atoms with Gasteiger partial charge in [0.1, 0.15) is 0 Å². The molecule has 1 unspecified atom stereocenters. The first-order valence-corrected chi connectivity index (χ1v) is 9.37. The molecule has 1 aliphatic carbocycles. The summed E-state index contributed by atoms with van der Waals surface area (Å²) in [5.41, 5.74) is -0.118. The number of alkyl halides is 3.